The number of ether oxygens (including phenoxy) is 3. The first-order valence-electron chi connectivity index (χ1n) is 18.3. The third kappa shape index (κ3) is 6.87. The molecule has 4 aromatic rings. The molecule has 0 N–H and O–H groups in total. The first-order chi connectivity index (χ1) is 24.3. The minimum Gasteiger partial charge on any atom is -0.483 e. The van der Waals surface area contributed by atoms with E-state index in [9.17, 15) is 14.4 Å². The van der Waals surface area contributed by atoms with Crippen molar-refractivity contribution in [2.24, 2.45) is 5.92 Å². The van der Waals surface area contributed by atoms with Crippen molar-refractivity contribution < 1.29 is 28.2 Å². The fraction of sp³-hybridized carbons (Fsp3) is 0.432. The number of rotatable bonds is 3. The molecular formula is C44H48O7. The molecule has 8 rings (SSSR count). The van der Waals surface area contributed by atoms with E-state index < -0.39 is 35.4 Å². The topological polar surface area (TPSA) is 92.0 Å². The van der Waals surface area contributed by atoms with Gasteiger partial charge in [0.1, 0.15) is 16.9 Å². The van der Waals surface area contributed by atoms with E-state index in [1.54, 1.807) is 0 Å². The third-order valence-corrected chi connectivity index (χ3v) is 11.2. The Balaban J connectivity index is 1.34. The Hall–Kier alpha value is -4.65. The second-order valence-corrected chi connectivity index (χ2v) is 16.0. The van der Waals surface area contributed by atoms with Gasteiger partial charge in [-0.05, 0) is 118 Å². The fourth-order valence-corrected chi connectivity index (χ4v) is 8.28. The highest BCUT2D eigenvalue weighted by Gasteiger charge is 2.51. The van der Waals surface area contributed by atoms with Crippen LogP contribution in [0.2, 0.25) is 0 Å². The number of hydrogen-bond acceptors (Lipinski definition) is 7. The molecule has 3 atom stereocenters. The standard InChI is InChI=1S/C44H48O7/c1-26(2)31-19-18-28-12-15-29(16-13-28)24-30(17-14-27-10-8-7-9-11-27)25-35(45)48-39-36-34(51-44(5,6)40(39)50-41(31)46)21-20-33-32-22-23-43(3,4)37(32)42(47)49-38(33)36/h7-13,15-16,20-21,30,39-40H,14,17-19,22-25H2,1-6H3/t30-,39-,40+/m1/s1. The van der Waals surface area contributed by atoms with Gasteiger partial charge in [-0.15, -0.1) is 0 Å². The van der Waals surface area contributed by atoms with E-state index in [1.807, 2.05) is 58.0 Å². The number of esters is 2. The summed E-state index contributed by atoms with van der Waals surface area (Å²) in [6.07, 6.45) is 3.13. The molecule has 0 radical (unpaired) electrons. The van der Waals surface area contributed by atoms with Crippen molar-refractivity contribution in [3.05, 3.63) is 122 Å². The predicted molar refractivity (Wildman–Crippen MR) is 197 cm³/mol. The largest absolute Gasteiger partial charge is 0.483 e. The molecular weight excluding hydrogens is 640 g/mol. The van der Waals surface area contributed by atoms with Crippen molar-refractivity contribution in [2.75, 3.05) is 0 Å². The summed E-state index contributed by atoms with van der Waals surface area (Å²) in [6, 6.07) is 22.6. The van der Waals surface area contributed by atoms with Crippen molar-refractivity contribution >= 4 is 22.9 Å². The van der Waals surface area contributed by atoms with Gasteiger partial charge in [-0.2, -0.15) is 0 Å². The van der Waals surface area contributed by atoms with Crippen LogP contribution in [0.3, 0.4) is 0 Å². The van der Waals surface area contributed by atoms with Gasteiger partial charge in [-0.25, -0.2) is 9.59 Å². The lowest BCUT2D eigenvalue weighted by Gasteiger charge is -2.43. The molecule has 7 heteroatoms. The molecule has 0 amide bonds. The molecule has 0 spiro atoms. The maximum atomic E-state index is 14.3. The normalized spacial score (nSPS) is 22.7. The van der Waals surface area contributed by atoms with Crippen LogP contribution in [0, 0.1) is 5.92 Å². The zero-order valence-corrected chi connectivity index (χ0v) is 30.6. The summed E-state index contributed by atoms with van der Waals surface area (Å²) < 4.78 is 25.6. The Morgan fingerprint density at radius 1 is 0.804 bits per heavy atom. The van der Waals surface area contributed by atoms with Gasteiger partial charge >= 0.3 is 17.6 Å². The average molecular weight is 689 g/mol. The summed E-state index contributed by atoms with van der Waals surface area (Å²) in [5, 5.41) is 0.791. The van der Waals surface area contributed by atoms with Gasteiger partial charge in [0.05, 0.1) is 5.56 Å². The Labute approximate surface area is 300 Å². The second-order valence-electron chi connectivity index (χ2n) is 16.0. The summed E-state index contributed by atoms with van der Waals surface area (Å²) in [4.78, 5) is 42.0. The van der Waals surface area contributed by atoms with Crippen molar-refractivity contribution in [3.8, 4) is 5.75 Å². The van der Waals surface area contributed by atoms with E-state index in [4.69, 9.17) is 18.6 Å². The Morgan fingerprint density at radius 3 is 2.25 bits per heavy atom. The van der Waals surface area contributed by atoms with Crippen molar-refractivity contribution in [1.29, 1.82) is 0 Å². The zero-order chi connectivity index (χ0) is 36.1. The van der Waals surface area contributed by atoms with Gasteiger partial charge in [0, 0.05) is 22.9 Å². The lowest BCUT2D eigenvalue weighted by molar-refractivity contribution is -0.188. The number of carbonyl (C=O) groups excluding carboxylic acids is 2. The summed E-state index contributed by atoms with van der Waals surface area (Å²) >= 11 is 0. The van der Waals surface area contributed by atoms with Gasteiger partial charge in [-0.3, -0.25) is 4.79 Å². The monoisotopic (exact) mass is 688 g/mol. The number of benzene rings is 3. The minimum absolute atomic E-state index is 0.00184. The third-order valence-electron chi connectivity index (χ3n) is 11.2. The quantitative estimate of drug-likeness (QED) is 0.121. The Bertz CT molecular complexity index is 2060. The maximum absolute atomic E-state index is 14.3. The number of aryl methyl sites for hydroxylation is 3. The van der Waals surface area contributed by atoms with Gasteiger partial charge in [0.15, 0.2) is 12.2 Å². The number of carbonyl (C=O) groups is 2. The molecule has 1 aliphatic carbocycles. The molecule has 4 aliphatic rings. The molecule has 0 unspecified atom stereocenters. The first-order valence-corrected chi connectivity index (χ1v) is 18.3. The van der Waals surface area contributed by atoms with E-state index in [0.717, 1.165) is 59.8 Å². The average Bonchev–Trinajstić information content (AvgIpc) is 3.41. The van der Waals surface area contributed by atoms with E-state index in [1.165, 1.54) is 5.56 Å². The van der Waals surface area contributed by atoms with Gasteiger partial charge < -0.3 is 18.6 Å². The predicted octanol–water partition coefficient (Wildman–Crippen LogP) is 8.85. The van der Waals surface area contributed by atoms with E-state index in [2.05, 4.69) is 50.2 Å². The molecule has 51 heavy (non-hydrogen) atoms. The first kappa shape index (κ1) is 34.8. The molecule has 3 aromatic carbocycles. The molecule has 0 saturated heterocycles. The van der Waals surface area contributed by atoms with Gasteiger partial charge in [0.25, 0.3) is 0 Å². The van der Waals surface area contributed by atoms with Crippen LogP contribution < -0.4 is 10.4 Å². The molecule has 0 fully saturated rings. The summed E-state index contributed by atoms with van der Waals surface area (Å²) in [7, 11) is 0. The van der Waals surface area contributed by atoms with Crippen LogP contribution >= 0.6 is 0 Å². The SMILES string of the molecule is CC(C)=C1CCc2ccc(cc2)C[C@@H](CCc2ccccc2)CC(=O)O[C@@H]2c3c(ccc4c5c(c(=O)oc34)C(C)(C)CC5)OC(C)(C)[C@H]2OC1=O. The fourth-order valence-electron chi connectivity index (χ4n) is 8.28. The van der Waals surface area contributed by atoms with Gasteiger partial charge in [-0.1, -0.05) is 74.0 Å². The van der Waals surface area contributed by atoms with E-state index in [0.29, 0.717) is 40.9 Å². The second kappa shape index (κ2) is 13.5. The van der Waals surface area contributed by atoms with Crippen LogP contribution in [0.25, 0.3) is 11.0 Å². The minimum atomic E-state index is -1.08. The molecule has 0 saturated carbocycles. The van der Waals surface area contributed by atoms with Crippen LogP contribution in [0.5, 0.6) is 5.75 Å². The number of fused-ring (bicyclic) bond motifs is 15. The van der Waals surface area contributed by atoms with Gasteiger partial charge in [0.2, 0.25) is 0 Å². The summed E-state index contributed by atoms with van der Waals surface area (Å²) in [5.41, 5.74) is 5.51. The molecule has 266 valence electrons. The summed E-state index contributed by atoms with van der Waals surface area (Å²) in [6.45, 7) is 11.6. The van der Waals surface area contributed by atoms with Crippen molar-refractivity contribution in [2.45, 2.75) is 116 Å². The van der Waals surface area contributed by atoms with Crippen molar-refractivity contribution in [1.82, 2.24) is 0 Å². The lowest BCUT2D eigenvalue weighted by atomic mass is 9.85. The van der Waals surface area contributed by atoms with Crippen LogP contribution in [0.4, 0.5) is 0 Å². The van der Waals surface area contributed by atoms with E-state index in [-0.39, 0.29) is 17.8 Å². The zero-order valence-electron chi connectivity index (χ0n) is 30.6. The molecule has 2 bridgehead atoms. The highest BCUT2D eigenvalue weighted by Crippen LogP contribution is 2.49. The van der Waals surface area contributed by atoms with Crippen LogP contribution in [0.1, 0.15) is 107 Å². The van der Waals surface area contributed by atoms with Crippen molar-refractivity contribution in [3.63, 3.8) is 0 Å². The molecule has 7 nitrogen and oxygen atoms in total. The Kier molecular flexibility index (Phi) is 9.19. The Morgan fingerprint density at radius 2 is 1.53 bits per heavy atom. The van der Waals surface area contributed by atoms with Crippen LogP contribution in [-0.2, 0) is 50.2 Å². The highest BCUT2D eigenvalue weighted by molar-refractivity contribution is 5.90. The number of hydrogen-bond donors (Lipinski definition) is 0. The molecule has 3 aliphatic heterocycles. The van der Waals surface area contributed by atoms with E-state index >= 15 is 0 Å². The van der Waals surface area contributed by atoms with Crippen LogP contribution in [0.15, 0.2) is 87.1 Å². The molecule has 1 aromatic heterocycles. The summed E-state index contributed by atoms with van der Waals surface area (Å²) in [5.74, 6) is -0.446. The lowest BCUT2D eigenvalue weighted by Crippen LogP contribution is -2.52. The molecule has 4 heterocycles. The number of allylic oxidation sites excluding steroid dienone is 1. The maximum Gasteiger partial charge on any atom is 0.340 e. The highest BCUT2D eigenvalue weighted by atomic mass is 16.6. The smallest absolute Gasteiger partial charge is 0.340 e. The van der Waals surface area contributed by atoms with Crippen LogP contribution in [-0.4, -0.2) is 23.6 Å².